The zero-order valence-corrected chi connectivity index (χ0v) is 20.1. The summed E-state index contributed by atoms with van der Waals surface area (Å²) in [5, 5.41) is 0. The first-order valence-electron chi connectivity index (χ1n) is 11.4. The normalized spacial score (nSPS) is 11.3. The van der Waals surface area contributed by atoms with Gasteiger partial charge in [-0.25, -0.2) is 0 Å². The fraction of sp³-hybridized carbons (Fsp3) is 0.188. The first kappa shape index (κ1) is 21.8. The summed E-state index contributed by atoms with van der Waals surface area (Å²) in [6.07, 6.45) is 4.54. The van der Waals surface area contributed by atoms with E-state index in [2.05, 4.69) is 126 Å². The van der Waals surface area contributed by atoms with E-state index in [-0.39, 0.29) is 0 Å². The van der Waals surface area contributed by atoms with E-state index >= 15 is 0 Å². The summed E-state index contributed by atoms with van der Waals surface area (Å²) in [5.74, 6) is 0. The lowest BCUT2D eigenvalue weighted by molar-refractivity contribution is 1.31. The highest BCUT2D eigenvalue weighted by Gasteiger charge is 2.16. The van der Waals surface area contributed by atoms with Crippen molar-refractivity contribution in [3.8, 4) is 22.3 Å². The zero-order chi connectivity index (χ0) is 22.8. The van der Waals surface area contributed by atoms with E-state index in [1.54, 1.807) is 0 Å². The first-order valence-corrected chi connectivity index (χ1v) is 11.4. The molecule has 0 amide bonds. The fourth-order valence-corrected chi connectivity index (χ4v) is 5.13. The molecule has 0 fully saturated rings. The van der Waals surface area contributed by atoms with Gasteiger partial charge in [0.05, 0.1) is 0 Å². The van der Waals surface area contributed by atoms with Crippen LogP contribution in [0.1, 0.15) is 44.5 Å². The molecule has 0 unspecified atom stereocenters. The maximum atomic E-state index is 2.30. The van der Waals surface area contributed by atoms with Crippen molar-refractivity contribution in [2.45, 2.75) is 41.5 Å². The predicted octanol–water partition coefficient (Wildman–Crippen LogP) is 9.04. The Morgan fingerprint density at radius 2 is 0.906 bits per heavy atom. The fourth-order valence-electron chi connectivity index (χ4n) is 5.13. The number of hydrogen-bond acceptors (Lipinski definition) is 0. The highest BCUT2D eigenvalue weighted by atomic mass is 14.2. The summed E-state index contributed by atoms with van der Waals surface area (Å²) < 4.78 is 0. The first-order chi connectivity index (χ1) is 15.3. The Bertz CT molecular complexity index is 1180. The molecule has 0 aliphatic rings. The summed E-state index contributed by atoms with van der Waals surface area (Å²) in [5.41, 5.74) is 15.7. The van der Waals surface area contributed by atoms with Crippen molar-refractivity contribution in [2.75, 3.05) is 0 Å². The van der Waals surface area contributed by atoms with Crippen LogP contribution in [0.5, 0.6) is 0 Å². The van der Waals surface area contributed by atoms with Gasteiger partial charge >= 0.3 is 0 Å². The second kappa shape index (κ2) is 9.01. The highest BCUT2D eigenvalue weighted by molar-refractivity contribution is 5.92. The van der Waals surface area contributed by atoms with Crippen molar-refractivity contribution in [3.63, 3.8) is 0 Å². The molecule has 4 rings (SSSR count). The maximum Gasteiger partial charge on any atom is -0.00988 e. The quantitative estimate of drug-likeness (QED) is 0.291. The molecule has 0 nitrogen and oxygen atoms in total. The minimum atomic E-state index is 1.21. The topological polar surface area (TPSA) is 0 Å². The molecule has 0 saturated heterocycles. The van der Waals surface area contributed by atoms with Gasteiger partial charge in [0, 0.05) is 0 Å². The Kier molecular flexibility index (Phi) is 6.15. The molecule has 4 aromatic rings. The van der Waals surface area contributed by atoms with Crippen LogP contribution in [-0.4, -0.2) is 0 Å². The van der Waals surface area contributed by atoms with Crippen molar-refractivity contribution in [1.29, 1.82) is 0 Å². The standard InChI is InChI=1S/C32H32/c1-21-17-23(3)31(24(4)18-21)29-13-10-14-30(32-25(5)19-22(2)20-26(32)6)28(29)16-15-27-11-8-7-9-12-27/h7-20H,1-6H3/b16-15+. The Hall–Kier alpha value is -3.38. The van der Waals surface area contributed by atoms with E-state index in [0.29, 0.717) is 0 Å². The molecule has 0 heterocycles. The van der Waals surface area contributed by atoms with E-state index in [1.165, 1.54) is 66.8 Å². The van der Waals surface area contributed by atoms with Gasteiger partial charge in [-0.3, -0.25) is 0 Å². The van der Waals surface area contributed by atoms with Crippen LogP contribution in [0.4, 0.5) is 0 Å². The molecule has 0 N–H and O–H groups in total. The summed E-state index contributed by atoms with van der Waals surface area (Å²) in [6.45, 7) is 13.3. The molecule has 4 aromatic carbocycles. The van der Waals surface area contributed by atoms with Crippen molar-refractivity contribution in [1.82, 2.24) is 0 Å². The summed E-state index contributed by atoms with van der Waals surface area (Å²) >= 11 is 0. The van der Waals surface area contributed by atoms with Crippen molar-refractivity contribution >= 4 is 12.2 Å². The number of rotatable bonds is 4. The smallest absolute Gasteiger partial charge is 0.00988 e. The van der Waals surface area contributed by atoms with Gasteiger partial charge in [0.25, 0.3) is 0 Å². The molecule has 0 atom stereocenters. The monoisotopic (exact) mass is 416 g/mol. The van der Waals surface area contributed by atoms with Crippen molar-refractivity contribution in [2.24, 2.45) is 0 Å². The van der Waals surface area contributed by atoms with Crippen LogP contribution < -0.4 is 0 Å². The minimum Gasteiger partial charge on any atom is -0.0622 e. The van der Waals surface area contributed by atoms with Gasteiger partial charge in [-0.2, -0.15) is 0 Å². The van der Waals surface area contributed by atoms with E-state index in [9.17, 15) is 0 Å². The largest absolute Gasteiger partial charge is 0.0622 e. The van der Waals surface area contributed by atoms with E-state index < -0.39 is 0 Å². The molecule has 0 bridgehead atoms. The molecule has 160 valence electrons. The van der Waals surface area contributed by atoms with E-state index in [4.69, 9.17) is 0 Å². The molecule has 0 saturated carbocycles. The molecule has 0 radical (unpaired) electrons. The third-order valence-electron chi connectivity index (χ3n) is 6.24. The Balaban J connectivity index is 2.02. The predicted molar refractivity (Wildman–Crippen MR) is 141 cm³/mol. The zero-order valence-electron chi connectivity index (χ0n) is 20.1. The lowest BCUT2D eigenvalue weighted by Gasteiger charge is -2.20. The van der Waals surface area contributed by atoms with Crippen LogP contribution in [0.2, 0.25) is 0 Å². The molecule has 0 aromatic heterocycles. The number of hydrogen-bond donors (Lipinski definition) is 0. The number of benzene rings is 4. The van der Waals surface area contributed by atoms with E-state index in [0.717, 1.165) is 0 Å². The molecule has 0 spiro atoms. The molecule has 0 aliphatic carbocycles. The van der Waals surface area contributed by atoms with Crippen LogP contribution in [0.3, 0.4) is 0 Å². The Morgan fingerprint density at radius 1 is 0.469 bits per heavy atom. The molecule has 0 heteroatoms. The summed E-state index contributed by atoms with van der Waals surface area (Å²) in [7, 11) is 0. The lowest BCUT2D eigenvalue weighted by atomic mass is 9.84. The molecule has 0 aliphatic heterocycles. The second-order valence-electron chi connectivity index (χ2n) is 9.06. The summed E-state index contributed by atoms with van der Waals surface area (Å²) in [4.78, 5) is 0. The van der Waals surface area contributed by atoms with Crippen molar-refractivity contribution in [3.05, 3.63) is 117 Å². The van der Waals surface area contributed by atoms with Gasteiger partial charge in [0.15, 0.2) is 0 Å². The average molecular weight is 417 g/mol. The number of aryl methyl sites for hydroxylation is 6. The SMILES string of the molecule is Cc1cc(C)c(-c2cccc(-c3c(C)cc(C)cc3C)c2/C=C/c2ccccc2)c(C)c1. The minimum absolute atomic E-state index is 1.21. The van der Waals surface area contributed by atoms with Crippen LogP contribution in [0.25, 0.3) is 34.4 Å². The molecule has 32 heavy (non-hydrogen) atoms. The van der Waals surface area contributed by atoms with Gasteiger partial charge < -0.3 is 0 Å². The lowest BCUT2D eigenvalue weighted by Crippen LogP contribution is -1.97. The van der Waals surface area contributed by atoms with Crippen LogP contribution in [0, 0.1) is 41.5 Å². The third kappa shape index (κ3) is 4.32. The Morgan fingerprint density at radius 3 is 1.34 bits per heavy atom. The van der Waals surface area contributed by atoms with Crippen molar-refractivity contribution < 1.29 is 0 Å². The van der Waals surface area contributed by atoms with Gasteiger partial charge in [0.1, 0.15) is 0 Å². The molecular formula is C32H32. The van der Waals surface area contributed by atoms with Gasteiger partial charge in [-0.05, 0) is 97.2 Å². The van der Waals surface area contributed by atoms with Crippen LogP contribution in [0.15, 0.2) is 72.8 Å². The Labute approximate surface area is 193 Å². The summed E-state index contributed by atoms with van der Waals surface area (Å²) in [6, 6.07) is 26.5. The van der Waals surface area contributed by atoms with Gasteiger partial charge in [-0.1, -0.05) is 96.1 Å². The van der Waals surface area contributed by atoms with Crippen LogP contribution in [-0.2, 0) is 0 Å². The average Bonchev–Trinajstić information content (AvgIpc) is 2.72. The highest BCUT2D eigenvalue weighted by Crippen LogP contribution is 2.39. The second-order valence-corrected chi connectivity index (χ2v) is 9.06. The third-order valence-corrected chi connectivity index (χ3v) is 6.24. The van der Waals surface area contributed by atoms with Crippen LogP contribution >= 0.6 is 0 Å². The van der Waals surface area contributed by atoms with E-state index in [1.807, 2.05) is 0 Å². The van der Waals surface area contributed by atoms with Gasteiger partial charge in [-0.15, -0.1) is 0 Å². The maximum absolute atomic E-state index is 2.30. The molecular weight excluding hydrogens is 384 g/mol. The van der Waals surface area contributed by atoms with Gasteiger partial charge in [0.2, 0.25) is 0 Å².